The minimum atomic E-state index is -0.689. The highest BCUT2D eigenvalue weighted by molar-refractivity contribution is 5.84. The molecule has 0 aromatic rings. The van der Waals surface area contributed by atoms with Gasteiger partial charge in [-0.05, 0) is 20.8 Å². The van der Waals surface area contributed by atoms with Gasteiger partial charge in [0, 0.05) is 13.6 Å². The molecule has 0 fully saturated rings. The quantitative estimate of drug-likeness (QED) is 0.688. The van der Waals surface area contributed by atoms with Gasteiger partial charge < -0.3 is 10.6 Å². The molecule has 84 valence electrons. The molecule has 0 saturated heterocycles. The van der Waals surface area contributed by atoms with E-state index in [2.05, 4.69) is 10.6 Å². The maximum absolute atomic E-state index is 11.4. The Hall–Kier alpha value is -1.57. The van der Waals surface area contributed by atoms with Crippen LogP contribution >= 0.6 is 0 Å². The van der Waals surface area contributed by atoms with Crippen LogP contribution in [0.1, 0.15) is 20.8 Å². The van der Waals surface area contributed by atoms with Crippen molar-refractivity contribution in [2.24, 2.45) is 11.3 Å². The van der Waals surface area contributed by atoms with E-state index < -0.39 is 11.3 Å². The smallest absolute Gasteiger partial charge is 0.237 e. The number of rotatable bonds is 4. The van der Waals surface area contributed by atoms with Crippen molar-refractivity contribution in [1.29, 1.82) is 5.26 Å². The normalized spacial score (nSPS) is 12.5. The van der Waals surface area contributed by atoms with Crippen molar-refractivity contribution in [2.75, 3.05) is 13.6 Å². The molecule has 5 nitrogen and oxygen atoms in total. The van der Waals surface area contributed by atoms with E-state index in [0.717, 1.165) is 0 Å². The monoisotopic (exact) mass is 211 g/mol. The summed E-state index contributed by atoms with van der Waals surface area (Å²) < 4.78 is 0. The Kier molecular flexibility index (Phi) is 4.79. The summed E-state index contributed by atoms with van der Waals surface area (Å²) in [6.07, 6.45) is 0. The summed E-state index contributed by atoms with van der Waals surface area (Å²) in [5.41, 5.74) is -0.667. The van der Waals surface area contributed by atoms with Crippen LogP contribution in [0.15, 0.2) is 0 Å². The fraction of sp³-hybridized carbons (Fsp3) is 0.700. The van der Waals surface area contributed by atoms with Crippen LogP contribution in [0.4, 0.5) is 0 Å². The first kappa shape index (κ1) is 13.4. The summed E-state index contributed by atoms with van der Waals surface area (Å²) in [6.45, 7) is 5.19. The van der Waals surface area contributed by atoms with Crippen LogP contribution in [-0.4, -0.2) is 25.4 Å². The van der Waals surface area contributed by atoms with Gasteiger partial charge in [-0.1, -0.05) is 0 Å². The number of nitrogens with zero attached hydrogens (tertiary/aromatic N) is 1. The van der Waals surface area contributed by atoms with Crippen LogP contribution in [0.2, 0.25) is 0 Å². The molecule has 0 aliphatic carbocycles. The lowest BCUT2D eigenvalue weighted by Crippen LogP contribution is -2.44. The fourth-order valence-corrected chi connectivity index (χ4v) is 0.938. The molecule has 0 radical (unpaired) electrons. The lowest BCUT2D eigenvalue weighted by atomic mass is 9.92. The maximum Gasteiger partial charge on any atom is 0.237 e. The van der Waals surface area contributed by atoms with Gasteiger partial charge in [0.2, 0.25) is 11.8 Å². The number of carbonyl (C=O) groups excluding carboxylic acids is 2. The Bertz CT molecular complexity index is 292. The summed E-state index contributed by atoms with van der Waals surface area (Å²) in [5.74, 6) is -1.19. The van der Waals surface area contributed by atoms with Crippen molar-refractivity contribution in [2.45, 2.75) is 20.8 Å². The van der Waals surface area contributed by atoms with Crippen LogP contribution in [0.25, 0.3) is 0 Å². The van der Waals surface area contributed by atoms with Crippen LogP contribution < -0.4 is 10.6 Å². The molecule has 15 heavy (non-hydrogen) atoms. The predicted octanol–water partition coefficient (Wildman–Crippen LogP) is 0.0345. The summed E-state index contributed by atoms with van der Waals surface area (Å²) in [5, 5.41) is 13.6. The minimum absolute atomic E-state index is 0.146. The highest BCUT2D eigenvalue weighted by Crippen LogP contribution is 2.13. The van der Waals surface area contributed by atoms with E-state index in [1.54, 1.807) is 20.9 Å². The second-order valence-corrected chi connectivity index (χ2v) is 4.03. The van der Waals surface area contributed by atoms with Crippen LogP contribution in [0, 0.1) is 22.7 Å². The first-order chi connectivity index (χ1) is 6.85. The fourth-order valence-electron chi connectivity index (χ4n) is 0.938. The molecule has 0 bridgehead atoms. The molecule has 1 unspecified atom stereocenters. The molecule has 0 aromatic heterocycles. The van der Waals surface area contributed by atoms with E-state index in [-0.39, 0.29) is 18.4 Å². The lowest BCUT2D eigenvalue weighted by molar-refractivity contribution is -0.129. The standard InChI is InChI=1S/C10H17N3O2/c1-7(5-11)8(14)13-6-10(2,3)9(15)12-4/h7H,6H2,1-4H3,(H,12,15)(H,13,14). The summed E-state index contributed by atoms with van der Waals surface area (Å²) in [7, 11) is 1.55. The number of nitriles is 1. The molecule has 2 amide bonds. The Labute approximate surface area is 89.8 Å². The zero-order chi connectivity index (χ0) is 12.1. The predicted molar refractivity (Wildman–Crippen MR) is 55.6 cm³/mol. The molecule has 2 N–H and O–H groups in total. The second kappa shape index (κ2) is 5.35. The molecule has 1 atom stereocenters. The Balaban J connectivity index is 4.22. The maximum atomic E-state index is 11.4. The molecule has 0 aliphatic rings. The third-order valence-electron chi connectivity index (χ3n) is 2.13. The van der Waals surface area contributed by atoms with Gasteiger partial charge in [0.25, 0.3) is 0 Å². The average molecular weight is 211 g/mol. The molecule has 0 aromatic carbocycles. The lowest BCUT2D eigenvalue weighted by Gasteiger charge is -2.23. The highest BCUT2D eigenvalue weighted by Gasteiger charge is 2.27. The van der Waals surface area contributed by atoms with Gasteiger partial charge in [-0.3, -0.25) is 9.59 Å². The SMILES string of the molecule is CNC(=O)C(C)(C)CNC(=O)C(C)C#N. The zero-order valence-electron chi connectivity index (χ0n) is 9.55. The summed E-state index contributed by atoms with van der Waals surface area (Å²) in [6, 6.07) is 1.83. The third-order valence-corrected chi connectivity index (χ3v) is 2.13. The van der Waals surface area contributed by atoms with E-state index >= 15 is 0 Å². The van der Waals surface area contributed by atoms with Crippen molar-refractivity contribution in [3.05, 3.63) is 0 Å². The first-order valence-corrected chi connectivity index (χ1v) is 4.74. The van der Waals surface area contributed by atoms with Gasteiger partial charge in [0.1, 0.15) is 5.92 Å². The van der Waals surface area contributed by atoms with Gasteiger partial charge >= 0.3 is 0 Å². The second-order valence-electron chi connectivity index (χ2n) is 4.03. The molecule has 5 heteroatoms. The van der Waals surface area contributed by atoms with Gasteiger partial charge in [0.05, 0.1) is 11.5 Å². The topological polar surface area (TPSA) is 82.0 Å². The van der Waals surface area contributed by atoms with E-state index in [0.29, 0.717) is 0 Å². The molecule has 0 rings (SSSR count). The molecular formula is C10H17N3O2. The minimum Gasteiger partial charge on any atom is -0.359 e. The van der Waals surface area contributed by atoms with Crippen molar-refractivity contribution in [3.63, 3.8) is 0 Å². The molecule has 0 aliphatic heterocycles. The highest BCUT2D eigenvalue weighted by atomic mass is 16.2. The van der Waals surface area contributed by atoms with Crippen molar-refractivity contribution in [3.8, 4) is 6.07 Å². The van der Waals surface area contributed by atoms with E-state index in [1.165, 1.54) is 6.92 Å². The van der Waals surface area contributed by atoms with E-state index in [4.69, 9.17) is 5.26 Å². The number of carbonyl (C=O) groups is 2. The number of nitrogens with one attached hydrogen (secondary N) is 2. The van der Waals surface area contributed by atoms with Gasteiger partial charge in [0.15, 0.2) is 0 Å². The summed E-state index contributed by atoms with van der Waals surface area (Å²) >= 11 is 0. The van der Waals surface area contributed by atoms with Crippen molar-refractivity contribution in [1.82, 2.24) is 10.6 Å². The van der Waals surface area contributed by atoms with Crippen molar-refractivity contribution >= 4 is 11.8 Å². The van der Waals surface area contributed by atoms with Gasteiger partial charge in [-0.25, -0.2) is 0 Å². The Morgan fingerprint density at radius 1 is 1.47 bits per heavy atom. The number of hydrogen-bond donors (Lipinski definition) is 2. The molecular weight excluding hydrogens is 194 g/mol. The zero-order valence-corrected chi connectivity index (χ0v) is 9.55. The molecule has 0 spiro atoms. The largest absolute Gasteiger partial charge is 0.359 e. The molecule has 0 heterocycles. The number of hydrogen-bond acceptors (Lipinski definition) is 3. The van der Waals surface area contributed by atoms with Crippen molar-refractivity contribution < 1.29 is 9.59 Å². The van der Waals surface area contributed by atoms with E-state index in [9.17, 15) is 9.59 Å². The first-order valence-electron chi connectivity index (χ1n) is 4.74. The van der Waals surface area contributed by atoms with Gasteiger partial charge in [-0.15, -0.1) is 0 Å². The van der Waals surface area contributed by atoms with Crippen LogP contribution in [0.3, 0.4) is 0 Å². The van der Waals surface area contributed by atoms with Gasteiger partial charge in [-0.2, -0.15) is 5.26 Å². The summed E-state index contributed by atoms with van der Waals surface area (Å²) in [4.78, 5) is 22.6. The third kappa shape index (κ3) is 3.98. The molecule has 0 saturated carbocycles. The number of amides is 2. The van der Waals surface area contributed by atoms with Crippen LogP contribution in [0.5, 0.6) is 0 Å². The Morgan fingerprint density at radius 3 is 2.40 bits per heavy atom. The average Bonchev–Trinajstić information content (AvgIpc) is 2.23. The Morgan fingerprint density at radius 2 is 2.00 bits per heavy atom. The van der Waals surface area contributed by atoms with E-state index in [1.807, 2.05) is 6.07 Å². The van der Waals surface area contributed by atoms with Crippen LogP contribution in [-0.2, 0) is 9.59 Å².